The fourth-order valence-corrected chi connectivity index (χ4v) is 1.37. The molecule has 0 fully saturated rings. The summed E-state index contributed by atoms with van der Waals surface area (Å²) in [6.45, 7) is -2.07. The predicted octanol–water partition coefficient (Wildman–Crippen LogP) is 1.49. The zero-order valence-electron chi connectivity index (χ0n) is 14.0. The predicted molar refractivity (Wildman–Crippen MR) is 74.1 cm³/mol. The fraction of sp³-hybridized carbons (Fsp3) is 0.429. The molecule has 0 heterocycles. The quantitative estimate of drug-likeness (QED) is 0.671. The van der Waals surface area contributed by atoms with Crippen LogP contribution in [0.15, 0.2) is 30.3 Å². The van der Waals surface area contributed by atoms with Crippen molar-refractivity contribution in [2.45, 2.75) is 31.9 Å². The Hall–Kier alpha value is -2.08. The van der Waals surface area contributed by atoms with Gasteiger partial charge in [-0.25, -0.2) is 4.79 Å². The van der Waals surface area contributed by atoms with Crippen LogP contribution in [0.1, 0.15) is 28.9 Å². The van der Waals surface area contributed by atoms with Crippen LogP contribution >= 0.6 is 0 Å². The highest BCUT2D eigenvalue weighted by atomic mass is 16.5. The van der Waals surface area contributed by atoms with E-state index < -0.39 is 24.6 Å². The average Bonchev–Trinajstić information content (AvgIpc) is 2.45. The number of aliphatic carboxylic acids is 1. The molecule has 0 aromatic heterocycles. The summed E-state index contributed by atoms with van der Waals surface area (Å²) in [6, 6.07) is 6.77. The summed E-state index contributed by atoms with van der Waals surface area (Å²) in [5, 5.41) is 10.8. The van der Waals surface area contributed by atoms with E-state index in [-0.39, 0.29) is 25.9 Å². The van der Waals surface area contributed by atoms with Gasteiger partial charge in [0.1, 0.15) is 12.6 Å². The summed E-state index contributed by atoms with van der Waals surface area (Å²) in [5.41, 5.74) is 6.01. The Morgan fingerprint density at radius 2 is 2.10 bits per heavy atom. The molecule has 1 amide bonds. The second kappa shape index (κ2) is 8.92. The van der Waals surface area contributed by atoms with Crippen molar-refractivity contribution in [3.05, 3.63) is 35.9 Å². The minimum Gasteiger partial charge on any atom is -0.480 e. The van der Waals surface area contributed by atoms with E-state index >= 15 is 0 Å². The van der Waals surface area contributed by atoms with Crippen LogP contribution in [-0.4, -0.2) is 29.7 Å². The van der Waals surface area contributed by atoms with E-state index in [1.165, 1.54) is 0 Å². The largest absolute Gasteiger partial charge is 0.480 e. The number of alkyl carbamates (subject to hydrolysis) is 1. The van der Waals surface area contributed by atoms with Gasteiger partial charge in [-0.05, 0) is 24.8 Å². The van der Waals surface area contributed by atoms with Crippen molar-refractivity contribution in [3.63, 3.8) is 0 Å². The molecule has 0 spiro atoms. The first-order valence-corrected chi connectivity index (χ1v) is 6.13. The first-order chi connectivity index (χ1) is 10.6. The third-order valence-corrected chi connectivity index (χ3v) is 2.43. The molecule has 6 heteroatoms. The molecule has 1 aromatic carbocycles. The lowest BCUT2D eigenvalue weighted by Gasteiger charge is -2.08. The van der Waals surface area contributed by atoms with Crippen molar-refractivity contribution in [2.24, 2.45) is 5.73 Å². The molecule has 20 heavy (non-hydrogen) atoms. The van der Waals surface area contributed by atoms with Crippen molar-refractivity contribution in [3.8, 4) is 0 Å². The van der Waals surface area contributed by atoms with Gasteiger partial charge in [0.2, 0.25) is 0 Å². The highest BCUT2D eigenvalue weighted by Gasteiger charge is 2.10. The minimum absolute atomic E-state index is 0.0143. The van der Waals surface area contributed by atoms with Crippen molar-refractivity contribution in [2.75, 3.05) is 6.50 Å². The van der Waals surface area contributed by atoms with E-state index in [4.69, 9.17) is 19.7 Å². The number of carbonyl (C=O) groups is 2. The lowest BCUT2D eigenvalue weighted by atomic mass is 10.1. The van der Waals surface area contributed by atoms with Gasteiger partial charge < -0.3 is 20.9 Å². The number of amides is 1. The number of carboxylic acids is 1. The summed E-state index contributed by atoms with van der Waals surface area (Å²) in [4.78, 5) is 22.2. The van der Waals surface area contributed by atoms with Gasteiger partial charge in [-0.2, -0.15) is 0 Å². The Kier molecular flexibility index (Phi) is 5.23. The van der Waals surface area contributed by atoms with Crippen LogP contribution in [0.5, 0.6) is 0 Å². The normalized spacial score (nSPS) is 16.1. The second-order valence-corrected chi connectivity index (χ2v) is 4.05. The number of nitrogens with one attached hydrogen (secondary N) is 1. The fourth-order valence-electron chi connectivity index (χ4n) is 1.37. The van der Waals surface area contributed by atoms with Crippen LogP contribution in [0.2, 0.25) is 0 Å². The van der Waals surface area contributed by atoms with Crippen LogP contribution in [0.4, 0.5) is 4.79 Å². The van der Waals surface area contributed by atoms with Crippen LogP contribution in [-0.2, 0) is 16.1 Å². The number of benzene rings is 1. The van der Waals surface area contributed by atoms with Crippen LogP contribution in [0, 0.1) is 0 Å². The number of carbonyl (C=O) groups excluding carboxylic acids is 1. The molecule has 0 aliphatic rings. The van der Waals surface area contributed by atoms with Gasteiger partial charge in [0.05, 0.1) is 1.37 Å². The maximum absolute atomic E-state index is 11.6. The first-order valence-electron chi connectivity index (χ1n) is 7.63. The molecule has 0 bridgehead atoms. The molecule has 0 saturated carbocycles. The molecule has 1 atom stereocenters. The van der Waals surface area contributed by atoms with E-state index in [0.717, 1.165) is 5.56 Å². The van der Waals surface area contributed by atoms with Gasteiger partial charge in [-0.3, -0.25) is 4.79 Å². The lowest BCUT2D eigenvalue weighted by molar-refractivity contribution is -0.138. The molecule has 0 aliphatic heterocycles. The molecule has 0 aliphatic carbocycles. The SMILES string of the molecule is [2H]C([2H])(CCCC([2H])(N)C(=O)O)NC(=O)OCc1ccccc1. The molecule has 1 unspecified atom stereocenters. The average molecular weight is 283 g/mol. The number of carboxylic acid groups (broad SMARTS) is 1. The molecular formula is C14H20N2O4. The van der Waals surface area contributed by atoms with E-state index in [0.29, 0.717) is 0 Å². The van der Waals surface area contributed by atoms with Crippen molar-refractivity contribution in [1.82, 2.24) is 5.32 Å². The summed E-state index contributed by atoms with van der Waals surface area (Å²) in [7, 11) is 0. The molecule has 0 radical (unpaired) electrons. The number of hydrogen-bond acceptors (Lipinski definition) is 4. The summed E-state index contributed by atoms with van der Waals surface area (Å²) < 4.78 is 27.6. The lowest BCUT2D eigenvalue weighted by Crippen LogP contribution is -2.30. The molecule has 0 saturated heterocycles. The van der Waals surface area contributed by atoms with Crippen LogP contribution < -0.4 is 11.1 Å². The van der Waals surface area contributed by atoms with Gasteiger partial charge >= 0.3 is 12.1 Å². The highest BCUT2D eigenvalue weighted by Crippen LogP contribution is 2.01. The maximum Gasteiger partial charge on any atom is 0.407 e. The third-order valence-electron chi connectivity index (χ3n) is 2.43. The third kappa shape index (κ3) is 6.75. The van der Waals surface area contributed by atoms with Gasteiger partial charge in [0, 0.05) is 9.24 Å². The smallest absolute Gasteiger partial charge is 0.407 e. The zero-order valence-corrected chi connectivity index (χ0v) is 11.0. The molecule has 1 rings (SSSR count). The summed E-state index contributed by atoms with van der Waals surface area (Å²) in [6.07, 6.45) is -1.30. The van der Waals surface area contributed by atoms with Crippen LogP contribution in [0.3, 0.4) is 0 Å². The summed E-state index contributed by atoms with van der Waals surface area (Å²) >= 11 is 0. The second-order valence-electron chi connectivity index (χ2n) is 4.05. The van der Waals surface area contributed by atoms with Crippen molar-refractivity contribution < 1.29 is 23.5 Å². The van der Waals surface area contributed by atoms with Gasteiger partial charge in [-0.15, -0.1) is 0 Å². The molecule has 1 aromatic rings. The number of hydrogen-bond donors (Lipinski definition) is 3. The molecule has 4 N–H and O–H groups in total. The topological polar surface area (TPSA) is 102 Å². The van der Waals surface area contributed by atoms with Gasteiger partial charge in [0.15, 0.2) is 0 Å². The Balaban J connectivity index is 2.36. The van der Waals surface area contributed by atoms with Crippen LogP contribution in [0.25, 0.3) is 0 Å². The Morgan fingerprint density at radius 1 is 1.40 bits per heavy atom. The number of rotatable bonds is 8. The molecule has 6 nitrogen and oxygen atoms in total. The van der Waals surface area contributed by atoms with Gasteiger partial charge in [-0.1, -0.05) is 30.3 Å². The standard InChI is InChI=1S/C14H20N2O4/c15-12(13(17)18)8-4-5-9-16-14(19)20-10-11-6-2-1-3-7-11/h1-3,6-7,12H,4-5,8-10,15H2,(H,16,19)(H,17,18)/i9D2,12D. The zero-order chi connectivity index (χ0) is 17.5. The Morgan fingerprint density at radius 3 is 2.75 bits per heavy atom. The monoisotopic (exact) mass is 283 g/mol. The van der Waals surface area contributed by atoms with E-state index in [9.17, 15) is 9.59 Å². The molecular weight excluding hydrogens is 260 g/mol. The van der Waals surface area contributed by atoms with Gasteiger partial charge in [0.25, 0.3) is 0 Å². The number of ether oxygens (including phenoxy) is 1. The maximum atomic E-state index is 11.6. The van der Waals surface area contributed by atoms with Crippen molar-refractivity contribution >= 4 is 12.1 Å². The first kappa shape index (κ1) is 11.7. The molecule has 110 valence electrons. The van der Waals surface area contributed by atoms with E-state index in [2.05, 4.69) is 5.32 Å². The van der Waals surface area contributed by atoms with E-state index in [1.807, 2.05) is 6.07 Å². The Labute approximate surface area is 122 Å². The van der Waals surface area contributed by atoms with E-state index in [1.54, 1.807) is 24.3 Å². The number of nitrogens with two attached hydrogens (primary N) is 1. The van der Waals surface area contributed by atoms with Crippen molar-refractivity contribution in [1.29, 1.82) is 0 Å². The minimum atomic E-state index is -2.16. The Bertz CT molecular complexity index is 538. The summed E-state index contributed by atoms with van der Waals surface area (Å²) in [5.74, 6) is -1.48. The highest BCUT2D eigenvalue weighted by molar-refractivity contribution is 5.72.